The third-order valence-electron chi connectivity index (χ3n) is 5.24. The summed E-state index contributed by atoms with van der Waals surface area (Å²) in [5, 5.41) is 2.74. The number of fused-ring (bicyclic) bond motifs is 1. The highest BCUT2D eigenvalue weighted by Gasteiger charge is 2.03. The minimum Gasteiger partial charge on any atom is -0.466 e. The van der Waals surface area contributed by atoms with E-state index in [1.54, 1.807) is 0 Å². The number of benzene rings is 2. The van der Waals surface area contributed by atoms with Gasteiger partial charge in [0.15, 0.2) is 0 Å². The van der Waals surface area contributed by atoms with Crippen molar-refractivity contribution in [1.29, 1.82) is 0 Å². The third-order valence-corrected chi connectivity index (χ3v) is 5.68. The first kappa shape index (κ1) is 24.4. The molecule has 0 amide bonds. The fourth-order valence-electron chi connectivity index (χ4n) is 3.46. The maximum absolute atomic E-state index is 11.0. The SMILES string of the molecule is COC(=O)/C=C/CC[C@@H](Cl)CCCCCCCCOCc1ccc2ccccc2c1. The van der Waals surface area contributed by atoms with Crippen molar-refractivity contribution in [2.24, 2.45) is 0 Å². The maximum atomic E-state index is 11.0. The lowest BCUT2D eigenvalue weighted by Gasteiger charge is -2.08. The highest BCUT2D eigenvalue weighted by molar-refractivity contribution is 6.20. The molecule has 0 aromatic heterocycles. The minimum absolute atomic E-state index is 0.191. The number of methoxy groups -OCH3 is 1. The number of halogens is 1. The normalized spacial score (nSPS) is 12.5. The average Bonchev–Trinajstić information content (AvgIpc) is 2.77. The number of allylic oxidation sites excluding steroid dienone is 1. The quantitative estimate of drug-likeness (QED) is 0.130. The van der Waals surface area contributed by atoms with Crippen LogP contribution < -0.4 is 0 Å². The molecule has 2 aromatic carbocycles. The Morgan fingerprint density at radius 2 is 1.70 bits per heavy atom. The summed E-state index contributed by atoms with van der Waals surface area (Å²) in [6.07, 6.45) is 13.3. The molecule has 0 fully saturated rings. The first-order valence-corrected chi connectivity index (χ1v) is 11.6. The summed E-state index contributed by atoms with van der Waals surface area (Å²) < 4.78 is 10.4. The summed E-state index contributed by atoms with van der Waals surface area (Å²) in [5.41, 5.74) is 1.24. The van der Waals surface area contributed by atoms with Crippen LogP contribution in [0.3, 0.4) is 0 Å². The van der Waals surface area contributed by atoms with Crippen molar-refractivity contribution in [2.75, 3.05) is 13.7 Å². The Morgan fingerprint density at radius 3 is 2.50 bits per heavy atom. The predicted molar refractivity (Wildman–Crippen MR) is 126 cm³/mol. The molecule has 0 saturated heterocycles. The van der Waals surface area contributed by atoms with Gasteiger partial charge in [-0.1, -0.05) is 74.6 Å². The third kappa shape index (κ3) is 10.3. The van der Waals surface area contributed by atoms with Crippen molar-refractivity contribution < 1.29 is 14.3 Å². The van der Waals surface area contributed by atoms with Crippen molar-refractivity contribution in [1.82, 2.24) is 0 Å². The van der Waals surface area contributed by atoms with Crippen LogP contribution in [0, 0.1) is 0 Å². The molecule has 0 N–H and O–H groups in total. The van der Waals surface area contributed by atoms with E-state index in [1.807, 2.05) is 6.08 Å². The number of carbonyl (C=O) groups is 1. The molecule has 0 bridgehead atoms. The lowest BCUT2D eigenvalue weighted by Crippen LogP contribution is -1.98. The summed E-state index contributed by atoms with van der Waals surface area (Å²) >= 11 is 6.34. The molecule has 0 spiro atoms. The molecule has 0 heterocycles. The van der Waals surface area contributed by atoms with Crippen LogP contribution in [0.2, 0.25) is 0 Å². The van der Waals surface area contributed by atoms with Gasteiger partial charge in [0.05, 0.1) is 13.7 Å². The lowest BCUT2D eigenvalue weighted by molar-refractivity contribution is -0.134. The summed E-state index contributed by atoms with van der Waals surface area (Å²) in [7, 11) is 1.39. The molecule has 164 valence electrons. The van der Waals surface area contributed by atoms with Crippen LogP contribution in [0.4, 0.5) is 0 Å². The second kappa shape index (κ2) is 15.0. The topological polar surface area (TPSA) is 35.5 Å². The molecule has 0 saturated carbocycles. The Balaban J connectivity index is 1.41. The van der Waals surface area contributed by atoms with Gasteiger partial charge in [-0.05, 0) is 48.1 Å². The molecule has 0 aliphatic rings. The van der Waals surface area contributed by atoms with Gasteiger partial charge in [-0.25, -0.2) is 4.79 Å². The van der Waals surface area contributed by atoms with Crippen molar-refractivity contribution >= 4 is 28.3 Å². The maximum Gasteiger partial charge on any atom is 0.330 e. The van der Waals surface area contributed by atoms with Gasteiger partial charge in [0, 0.05) is 18.1 Å². The van der Waals surface area contributed by atoms with Crippen LogP contribution in [0.25, 0.3) is 10.8 Å². The van der Waals surface area contributed by atoms with Gasteiger partial charge in [-0.2, -0.15) is 0 Å². The Hall–Kier alpha value is -1.84. The molecule has 4 heteroatoms. The number of rotatable bonds is 15. The first-order valence-electron chi connectivity index (χ1n) is 11.1. The zero-order valence-electron chi connectivity index (χ0n) is 18.2. The zero-order valence-corrected chi connectivity index (χ0v) is 18.9. The Kier molecular flexibility index (Phi) is 12.2. The van der Waals surface area contributed by atoms with Gasteiger partial charge < -0.3 is 9.47 Å². The average molecular weight is 431 g/mol. The molecule has 3 nitrogen and oxygen atoms in total. The summed E-state index contributed by atoms with van der Waals surface area (Å²) in [4.78, 5) is 11.0. The standard InChI is InChI=1S/C26H35ClO3/c1-29-26(28)16-10-9-15-25(27)14-6-4-2-3-5-11-19-30-21-22-17-18-23-12-7-8-13-24(23)20-22/h7-8,10,12-13,16-18,20,25H,2-6,9,11,14-15,19,21H2,1H3/b16-10+/t25-/m0/s1. The minimum atomic E-state index is -0.305. The van der Waals surface area contributed by atoms with E-state index in [1.165, 1.54) is 61.6 Å². The molecule has 0 unspecified atom stereocenters. The number of hydrogen-bond acceptors (Lipinski definition) is 3. The fourth-order valence-corrected chi connectivity index (χ4v) is 3.74. The van der Waals surface area contributed by atoms with Crippen LogP contribution in [0.1, 0.15) is 63.4 Å². The monoisotopic (exact) mass is 430 g/mol. The molecule has 0 aliphatic carbocycles. The largest absolute Gasteiger partial charge is 0.466 e. The van der Waals surface area contributed by atoms with Gasteiger partial charge >= 0.3 is 5.97 Å². The van der Waals surface area contributed by atoms with Gasteiger partial charge in [-0.15, -0.1) is 11.6 Å². The van der Waals surface area contributed by atoms with Crippen LogP contribution in [-0.2, 0) is 20.9 Å². The highest BCUT2D eigenvalue weighted by atomic mass is 35.5. The van der Waals surface area contributed by atoms with Crippen molar-refractivity contribution in [3.05, 3.63) is 60.2 Å². The van der Waals surface area contributed by atoms with E-state index >= 15 is 0 Å². The van der Waals surface area contributed by atoms with Crippen LogP contribution in [-0.4, -0.2) is 25.1 Å². The Labute approximate surface area is 186 Å². The van der Waals surface area contributed by atoms with E-state index in [0.29, 0.717) is 6.61 Å². The number of carbonyl (C=O) groups excluding carboxylic acids is 1. The molecule has 1 atom stereocenters. The van der Waals surface area contributed by atoms with E-state index in [0.717, 1.165) is 32.3 Å². The second-order valence-electron chi connectivity index (χ2n) is 7.74. The number of esters is 1. The van der Waals surface area contributed by atoms with E-state index < -0.39 is 0 Å². The molecule has 2 rings (SSSR count). The van der Waals surface area contributed by atoms with Crippen LogP contribution in [0.15, 0.2) is 54.6 Å². The number of alkyl halides is 1. The van der Waals surface area contributed by atoms with Crippen LogP contribution >= 0.6 is 11.6 Å². The fraction of sp³-hybridized carbons (Fsp3) is 0.500. The van der Waals surface area contributed by atoms with E-state index in [4.69, 9.17) is 16.3 Å². The lowest BCUT2D eigenvalue weighted by atomic mass is 10.1. The summed E-state index contributed by atoms with van der Waals surface area (Å²) in [6.45, 7) is 1.52. The van der Waals surface area contributed by atoms with E-state index in [2.05, 4.69) is 47.2 Å². The smallest absolute Gasteiger partial charge is 0.330 e. The molecule has 0 radical (unpaired) electrons. The number of hydrogen-bond donors (Lipinski definition) is 0. The second-order valence-corrected chi connectivity index (χ2v) is 8.36. The van der Waals surface area contributed by atoms with Crippen molar-refractivity contribution in [2.45, 2.75) is 69.8 Å². The van der Waals surface area contributed by atoms with Gasteiger partial charge in [0.1, 0.15) is 0 Å². The molecule has 30 heavy (non-hydrogen) atoms. The van der Waals surface area contributed by atoms with Crippen molar-refractivity contribution in [3.8, 4) is 0 Å². The summed E-state index contributed by atoms with van der Waals surface area (Å²) in [6, 6.07) is 15.0. The Morgan fingerprint density at radius 1 is 0.967 bits per heavy atom. The van der Waals surface area contributed by atoms with Gasteiger partial charge in [-0.3, -0.25) is 0 Å². The van der Waals surface area contributed by atoms with E-state index in [-0.39, 0.29) is 11.3 Å². The first-order chi connectivity index (χ1) is 14.7. The van der Waals surface area contributed by atoms with Gasteiger partial charge in [0.2, 0.25) is 0 Å². The number of unbranched alkanes of at least 4 members (excludes halogenated alkanes) is 5. The zero-order chi connectivity index (χ0) is 21.4. The van der Waals surface area contributed by atoms with E-state index in [9.17, 15) is 4.79 Å². The Bertz CT molecular complexity index is 772. The molecular weight excluding hydrogens is 396 g/mol. The van der Waals surface area contributed by atoms with Gasteiger partial charge in [0.25, 0.3) is 0 Å². The molecule has 0 aliphatic heterocycles. The highest BCUT2D eigenvalue weighted by Crippen LogP contribution is 2.17. The van der Waals surface area contributed by atoms with Crippen molar-refractivity contribution in [3.63, 3.8) is 0 Å². The summed E-state index contributed by atoms with van der Waals surface area (Å²) in [5.74, 6) is -0.305. The molecule has 2 aromatic rings. The predicted octanol–water partition coefficient (Wildman–Crippen LogP) is 7.20. The van der Waals surface area contributed by atoms with Crippen LogP contribution in [0.5, 0.6) is 0 Å². The molecular formula is C26H35ClO3. The number of ether oxygens (including phenoxy) is 2.